The fourth-order valence-electron chi connectivity index (χ4n) is 2.35. The summed E-state index contributed by atoms with van der Waals surface area (Å²) in [7, 11) is 2.12. The van der Waals surface area contributed by atoms with E-state index in [1.165, 1.54) is 50.0 Å². The van der Waals surface area contributed by atoms with Crippen LogP contribution < -0.4 is 5.32 Å². The lowest BCUT2D eigenvalue weighted by molar-refractivity contribution is 0.417. The summed E-state index contributed by atoms with van der Waals surface area (Å²) in [5, 5.41) is 3.46. The van der Waals surface area contributed by atoms with Gasteiger partial charge in [-0.15, -0.1) is 0 Å². The maximum Gasteiger partial charge on any atom is 0.00926 e. The molecule has 0 aromatic rings. The van der Waals surface area contributed by atoms with Crippen LogP contribution in [0.2, 0.25) is 0 Å². The number of unbranched alkanes of at least 4 members (excludes halogenated alkanes) is 1. The number of thioether (sulfide) groups is 1. The van der Waals surface area contributed by atoms with Gasteiger partial charge in [-0.05, 0) is 50.2 Å². The summed E-state index contributed by atoms with van der Waals surface area (Å²) >= 11 is 2.15. The third-order valence-corrected chi connectivity index (χ3v) is 4.41. The summed E-state index contributed by atoms with van der Waals surface area (Å²) in [6.45, 7) is 2.27. The van der Waals surface area contributed by atoms with Crippen molar-refractivity contribution >= 4 is 11.8 Å². The van der Waals surface area contributed by atoms with E-state index in [-0.39, 0.29) is 0 Å². The maximum atomic E-state index is 3.46. The lowest BCUT2D eigenvalue weighted by atomic mass is 10.0. The molecule has 1 fully saturated rings. The third-order valence-electron chi connectivity index (χ3n) is 3.31. The summed E-state index contributed by atoms with van der Waals surface area (Å²) in [5.74, 6) is 3.71. The van der Waals surface area contributed by atoms with Crippen LogP contribution in [-0.4, -0.2) is 24.6 Å². The Morgan fingerprint density at radius 3 is 2.86 bits per heavy atom. The Hall–Kier alpha value is 0.310. The zero-order valence-electron chi connectivity index (χ0n) is 9.72. The molecule has 0 aromatic carbocycles. The second-order valence-corrected chi connectivity index (χ2v) is 5.57. The molecule has 0 heterocycles. The second kappa shape index (κ2) is 7.58. The molecule has 1 saturated carbocycles. The lowest BCUT2D eigenvalue weighted by Crippen LogP contribution is -2.29. The van der Waals surface area contributed by atoms with Gasteiger partial charge in [0.25, 0.3) is 0 Å². The standard InChI is InChI=1S/C12H25NS/c1-3-4-9-14-10-8-11-6-5-7-12(11)13-2/h11-13H,3-10H2,1-2H3. The summed E-state index contributed by atoms with van der Waals surface area (Å²) in [5.41, 5.74) is 0. The maximum absolute atomic E-state index is 3.46. The molecule has 0 aliphatic heterocycles. The van der Waals surface area contributed by atoms with Crippen LogP contribution in [0.1, 0.15) is 45.4 Å². The molecule has 1 N–H and O–H groups in total. The van der Waals surface area contributed by atoms with Gasteiger partial charge < -0.3 is 5.32 Å². The van der Waals surface area contributed by atoms with Gasteiger partial charge in [0.15, 0.2) is 0 Å². The van der Waals surface area contributed by atoms with Crippen molar-refractivity contribution in [3.63, 3.8) is 0 Å². The fraction of sp³-hybridized carbons (Fsp3) is 1.00. The van der Waals surface area contributed by atoms with Crippen molar-refractivity contribution in [2.24, 2.45) is 5.92 Å². The number of rotatable bonds is 7. The minimum absolute atomic E-state index is 0.821. The smallest absolute Gasteiger partial charge is 0.00926 e. The Balaban J connectivity index is 2.00. The van der Waals surface area contributed by atoms with Gasteiger partial charge in [-0.2, -0.15) is 11.8 Å². The van der Waals surface area contributed by atoms with E-state index in [4.69, 9.17) is 0 Å². The molecule has 0 bridgehead atoms. The highest BCUT2D eigenvalue weighted by Crippen LogP contribution is 2.29. The van der Waals surface area contributed by atoms with Gasteiger partial charge in [-0.3, -0.25) is 0 Å². The molecule has 0 amide bonds. The van der Waals surface area contributed by atoms with Crippen molar-refractivity contribution in [3.05, 3.63) is 0 Å². The van der Waals surface area contributed by atoms with E-state index in [2.05, 4.69) is 31.1 Å². The largest absolute Gasteiger partial charge is 0.317 e. The topological polar surface area (TPSA) is 12.0 Å². The minimum Gasteiger partial charge on any atom is -0.317 e. The monoisotopic (exact) mass is 215 g/mol. The first-order valence-corrected chi connectivity index (χ1v) is 7.29. The van der Waals surface area contributed by atoms with E-state index < -0.39 is 0 Å². The van der Waals surface area contributed by atoms with Gasteiger partial charge in [0.2, 0.25) is 0 Å². The SMILES string of the molecule is CCCCSCCC1CCCC1NC. The first kappa shape index (κ1) is 12.4. The van der Waals surface area contributed by atoms with Gasteiger partial charge in [0.1, 0.15) is 0 Å². The molecular formula is C12H25NS. The van der Waals surface area contributed by atoms with Crippen molar-refractivity contribution in [2.45, 2.75) is 51.5 Å². The quantitative estimate of drug-likeness (QED) is 0.654. The highest BCUT2D eigenvalue weighted by atomic mass is 32.2. The van der Waals surface area contributed by atoms with Crippen LogP contribution in [0.5, 0.6) is 0 Å². The predicted octanol–water partition coefficient (Wildman–Crippen LogP) is 3.30. The molecule has 1 rings (SSSR count). The average Bonchev–Trinajstić information content (AvgIpc) is 2.65. The number of hydrogen-bond acceptors (Lipinski definition) is 2. The Bertz CT molecular complexity index is 138. The second-order valence-electron chi connectivity index (χ2n) is 4.34. The Morgan fingerprint density at radius 2 is 2.14 bits per heavy atom. The Kier molecular flexibility index (Phi) is 6.70. The lowest BCUT2D eigenvalue weighted by Gasteiger charge is -2.18. The molecule has 1 nitrogen and oxygen atoms in total. The van der Waals surface area contributed by atoms with Crippen LogP contribution in [0.3, 0.4) is 0 Å². The molecule has 1 aliphatic rings. The van der Waals surface area contributed by atoms with Crippen molar-refractivity contribution in [3.8, 4) is 0 Å². The molecule has 14 heavy (non-hydrogen) atoms. The fourth-order valence-corrected chi connectivity index (χ4v) is 3.51. The molecule has 0 saturated heterocycles. The van der Waals surface area contributed by atoms with Gasteiger partial charge in [0, 0.05) is 6.04 Å². The van der Waals surface area contributed by atoms with Crippen LogP contribution in [0, 0.1) is 5.92 Å². The van der Waals surface area contributed by atoms with Crippen LogP contribution in [0.4, 0.5) is 0 Å². The predicted molar refractivity (Wildman–Crippen MR) is 67.0 cm³/mol. The number of nitrogens with one attached hydrogen (secondary N) is 1. The van der Waals surface area contributed by atoms with Crippen molar-refractivity contribution < 1.29 is 0 Å². The molecule has 84 valence electrons. The highest BCUT2D eigenvalue weighted by molar-refractivity contribution is 7.99. The summed E-state index contributed by atoms with van der Waals surface area (Å²) in [6.07, 6.45) is 8.47. The van der Waals surface area contributed by atoms with E-state index in [0.29, 0.717) is 0 Å². The van der Waals surface area contributed by atoms with E-state index in [1.807, 2.05) is 0 Å². The van der Waals surface area contributed by atoms with Gasteiger partial charge in [-0.25, -0.2) is 0 Å². The van der Waals surface area contributed by atoms with E-state index in [9.17, 15) is 0 Å². The molecule has 0 aromatic heterocycles. The molecule has 2 atom stereocenters. The Labute approximate surface area is 93.4 Å². The molecule has 0 spiro atoms. The van der Waals surface area contributed by atoms with Crippen LogP contribution in [-0.2, 0) is 0 Å². The van der Waals surface area contributed by atoms with Crippen molar-refractivity contribution in [1.82, 2.24) is 5.32 Å². The molecule has 2 unspecified atom stereocenters. The van der Waals surface area contributed by atoms with E-state index in [1.54, 1.807) is 0 Å². The molecular weight excluding hydrogens is 190 g/mol. The van der Waals surface area contributed by atoms with E-state index in [0.717, 1.165) is 12.0 Å². The van der Waals surface area contributed by atoms with Crippen molar-refractivity contribution in [2.75, 3.05) is 18.6 Å². The van der Waals surface area contributed by atoms with Gasteiger partial charge in [0.05, 0.1) is 0 Å². The highest BCUT2D eigenvalue weighted by Gasteiger charge is 2.24. The van der Waals surface area contributed by atoms with E-state index >= 15 is 0 Å². The molecule has 2 heteroatoms. The van der Waals surface area contributed by atoms with Crippen molar-refractivity contribution in [1.29, 1.82) is 0 Å². The average molecular weight is 215 g/mol. The minimum atomic E-state index is 0.821. The first-order valence-electron chi connectivity index (χ1n) is 6.13. The molecule has 0 radical (unpaired) electrons. The zero-order chi connectivity index (χ0) is 10.2. The zero-order valence-corrected chi connectivity index (χ0v) is 10.5. The number of hydrogen-bond donors (Lipinski definition) is 1. The Morgan fingerprint density at radius 1 is 1.29 bits per heavy atom. The third kappa shape index (κ3) is 4.22. The van der Waals surface area contributed by atoms with Gasteiger partial charge >= 0.3 is 0 Å². The van der Waals surface area contributed by atoms with Gasteiger partial charge in [-0.1, -0.05) is 19.8 Å². The summed E-state index contributed by atoms with van der Waals surface area (Å²) in [6, 6.07) is 0.821. The first-order chi connectivity index (χ1) is 6.88. The summed E-state index contributed by atoms with van der Waals surface area (Å²) in [4.78, 5) is 0. The van der Waals surface area contributed by atoms with Crippen LogP contribution >= 0.6 is 11.8 Å². The van der Waals surface area contributed by atoms with Crippen LogP contribution in [0.25, 0.3) is 0 Å². The normalized spacial score (nSPS) is 27.0. The molecule has 1 aliphatic carbocycles. The van der Waals surface area contributed by atoms with Crippen LogP contribution in [0.15, 0.2) is 0 Å². The summed E-state index contributed by atoms with van der Waals surface area (Å²) < 4.78 is 0.